The lowest BCUT2D eigenvalue weighted by Gasteiger charge is -2.13. The molecular weight excluding hydrogens is 407 g/mol. The van der Waals surface area contributed by atoms with E-state index in [1.54, 1.807) is 36.4 Å². The number of carbonyl (C=O) groups is 1. The summed E-state index contributed by atoms with van der Waals surface area (Å²) in [5.41, 5.74) is 0.398. The Morgan fingerprint density at radius 3 is 2.52 bits per heavy atom. The maximum atomic E-state index is 12.5. The monoisotopic (exact) mass is 421 g/mol. The summed E-state index contributed by atoms with van der Waals surface area (Å²) in [6.07, 6.45) is -4.85. The number of para-hydroxylation sites is 1. The van der Waals surface area contributed by atoms with Crippen molar-refractivity contribution in [3.63, 3.8) is 0 Å². The molecule has 3 atom stereocenters. The second-order valence-electron chi connectivity index (χ2n) is 6.45. The molecule has 1 aliphatic carbocycles. The second-order valence-corrected chi connectivity index (χ2v) is 6.86. The van der Waals surface area contributed by atoms with Crippen molar-refractivity contribution in [2.24, 2.45) is 11.8 Å². The van der Waals surface area contributed by atoms with Gasteiger partial charge in [-0.25, -0.2) is 0 Å². The highest BCUT2D eigenvalue weighted by atomic mass is 35.5. The Balaban J connectivity index is 1.64. The lowest BCUT2D eigenvalue weighted by atomic mass is 10.1. The summed E-state index contributed by atoms with van der Waals surface area (Å²) in [6.45, 7) is 0. The molecule has 0 bridgehead atoms. The number of benzene rings is 2. The molecule has 0 unspecified atom stereocenters. The number of hydrogen-bond donors (Lipinski definition) is 0. The predicted molar refractivity (Wildman–Crippen MR) is 99.0 cm³/mol. The van der Waals surface area contributed by atoms with Crippen LogP contribution < -0.4 is 4.74 Å². The van der Waals surface area contributed by atoms with Gasteiger partial charge in [0.05, 0.1) is 5.92 Å². The molecule has 0 radical (unpaired) electrons. The van der Waals surface area contributed by atoms with Crippen molar-refractivity contribution in [1.29, 1.82) is 5.26 Å². The van der Waals surface area contributed by atoms with Crippen LogP contribution in [0.15, 0.2) is 65.7 Å². The van der Waals surface area contributed by atoms with Crippen LogP contribution >= 0.6 is 11.6 Å². The molecule has 0 aliphatic heterocycles. The summed E-state index contributed by atoms with van der Waals surface area (Å²) in [7, 11) is 0. The molecule has 0 amide bonds. The predicted octanol–water partition coefficient (Wildman–Crippen LogP) is 5.91. The van der Waals surface area contributed by atoms with E-state index in [0.29, 0.717) is 17.1 Å². The van der Waals surface area contributed by atoms with E-state index in [1.807, 2.05) is 24.3 Å². The summed E-state index contributed by atoms with van der Waals surface area (Å²) in [5, 5.41) is 8.12. The maximum Gasteiger partial charge on any atom is 0.426 e. The molecule has 0 heterocycles. The number of rotatable bonds is 6. The third-order valence-electron chi connectivity index (χ3n) is 4.26. The largest absolute Gasteiger partial charge is 0.457 e. The maximum absolute atomic E-state index is 12.5. The Kier molecular flexibility index (Phi) is 6.14. The molecule has 4 nitrogen and oxygen atoms in total. The molecule has 0 aromatic heterocycles. The summed E-state index contributed by atoms with van der Waals surface area (Å²) in [4.78, 5) is 12.2. The standard InChI is InChI=1S/C21H15ClF3NO3/c22-19(21(23,24)25)11-14-10-17(14)20(27)29-18(12-26)13-5-4-8-16(9-13)28-15-6-2-1-3-7-15/h1-9,11,14,17-18H,10H2/b19-11-/t14-,17-,18-/m0/s1. The Morgan fingerprint density at radius 1 is 1.17 bits per heavy atom. The van der Waals surface area contributed by atoms with Gasteiger partial charge in [-0.1, -0.05) is 48.0 Å². The molecule has 0 N–H and O–H groups in total. The average Bonchev–Trinajstić information content (AvgIpc) is 3.45. The van der Waals surface area contributed by atoms with Gasteiger partial charge >= 0.3 is 12.1 Å². The molecule has 3 rings (SSSR count). The average molecular weight is 422 g/mol. The molecular formula is C21H15ClF3NO3. The van der Waals surface area contributed by atoms with E-state index >= 15 is 0 Å². The van der Waals surface area contributed by atoms with Gasteiger partial charge in [0, 0.05) is 5.56 Å². The Bertz CT molecular complexity index is 954. The highest BCUT2D eigenvalue weighted by Crippen LogP contribution is 2.44. The highest BCUT2D eigenvalue weighted by molar-refractivity contribution is 6.30. The van der Waals surface area contributed by atoms with Gasteiger partial charge in [-0.3, -0.25) is 4.79 Å². The molecule has 1 aliphatic rings. The number of hydrogen-bond acceptors (Lipinski definition) is 4. The highest BCUT2D eigenvalue weighted by Gasteiger charge is 2.46. The van der Waals surface area contributed by atoms with E-state index in [1.165, 1.54) is 0 Å². The van der Waals surface area contributed by atoms with Crippen LogP contribution in [0, 0.1) is 23.2 Å². The van der Waals surface area contributed by atoms with E-state index in [-0.39, 0.29) is 6.42 Å². The molecule has 2 aromatic carbocycles. The van der Waals surface area contributed by atoms with Gasteiger partial charge in [0.2, 0.25) is 6.10 Å². The third kappa shape index (κ3) is 5.52. The van der Waals surface area contributed by atoms with E-state index < -0.39 is 35.1 Å². The number of ether oxygens (including phenoxy) is 2. The van der Waals surface area contributed by atoms with Crippen LogP contribution in [0.25, 0.3) is 0 Å². The van der Waals surface area contributed by atoms with Crippen LogP contribution in [-0.4, -0.2) is 12.1 Å². The number of halogens is 4. The fourth-order valence-corrected chi connectivity index (χ4v) is 2.85. The lowest BCUT2D eigenvalue weighted by molar-refractivity contribution is -0.148. The number of alkyl halides is 3. The van der Waals surface area contributed by atoms with E-state index in [2.05, 4.69) is 0 Å². The van der Waals surface area contributed by atoms with Gasteiger partial charge in [-0.2, -0.15) is 18.4 Å². The van der Waals surface area contributed by atoms with Crippen molar-refractivity contribution in [2.75, 3.05) is 0 Å². The van der Waals surface area contributed by atoms with Gasteiger partial charge in [0.1, 0.15) is 22.6 Å². The molecule has 2 aromatic rings. The molecule has 1 saturated carbocycles. The van der Waals surface area contributed by atoms with Crippen molar-refractivity contribution < 1.29 is 27.4 Å². The van der Waals surface area contributed by atoms with Gasteiger partial charge in [-0.15, -0.1) is 0 Å². The molecule has 8 heteroatoms. The van der Waals surface area contributed by atoms with Crippen molar-refractivity contribution in [3.05, 3.63) is 71.3 Å². The van der Waals surface area contributed by atoms with Crippen molar-refractivity contribution in [1.82, 2.24) is 0 Å². The molecule has 1 fully saturated rings. The number of allylic oxidation sites excluding steroid dienone is 2. The van der Waals surface area contributed by atoms with Crippen LogP contribution in [0.3, 0.4) is 0 Å². The summed E-state index contributed by atoms with van der Waals surface area (Å²) >= 11 is 5.19. The third-order valence-corrected chi connectivity index (χ3v) is 4.61. The first-order chi connectivity index (χ1) is 13.8. The number of carbonyl (C=O) groups excluding carboxylic acids is 1. The minimum atomic E-state index is -4.65. The Morgan fingerprint density at radius 2 is 1.86 bits per heavy atom. The van der Waals surface area contributed by atoms with Gasteiger partial charge in [-0.05, 0) is 36.6 Å². The molecule has 0 saturated heterocycles. The number of esters is 1. The first-order valence-electron chi connectivity index (χ1n) is 8.65. The van der Waals surface area contributed by atoms with Gasteiger partial charge in [0.25, 0.3) is 0 Å². The van der Waals surface area contributed by atoms with Crippen molar-refractivity contribution in [3.8, 4) is 17.6 Å². The van der Waals surface area contributed by atoms with Crippen LogP contribution in [0.1, 0.15) is 18.1 Å². The van der Waals surface area contributed by atoms with Crippen LogP contribution in [0.2, 0.25) is 0 Å². The van der Waals surface area contributed by atoms with Crippen LogP contribution in [0.4, 0.5) is 13.2 Å². The second kappa shape index (κ2) is 8.58. The minimum absolute atomic E-state index is 0.195. The SMILES string of the molecule is N#C[C@H](OC(=O)[C@H]1C[C@H]1/C=C(\Cl)C(F)(F)F)c1cccc(Oc2ccccc2)c1. The number of nitrogens with zero attached hydrogens (tertiary/aromatic N) is 1. The molecule has 29 heavy (non-hydrogen) atoms. The molecule has 150 valence electrons. The minimum Gasteiger partial charge on any atom is -0.457 e. The van der Waals surface area contributed by atoms with Crippen molar-refractivity contribution >= 4 is 17.6 Å². The number of nitriles is 1. The Labute approximate surface area is 170 Å². The normalized spacial score (nSPS) is 19.8. The summed E-state index contributed by atoms with van der Waals surface area (Å²) in [5.74, 6) is -1.08. The zero-order chi connectivity index (χ0) is 21.0. The zero-order valence-corrected chi connectivity index (χ0v) is 15.7. The van der Waals surface area contributed by atoms with Crippen LogP contribution in [-0.2, 0) is 9.53 Å². The van der Waals surface area contributed by atoms with E-state index in [9.17, 15) is 23.2 Å². The summed E-state index contributed by atoms with van der Waals surface area (Å²) in [6, 6.07) is 17.4. The van der Waals surface area contributed by atoms with Gasteiger partial charge in [0.15, 0.2) is 0 Å². The van der Waals surface area contributed by atoms with E-state index in [0.717, 1.165) is 6.08 Å². The first-order valence-corrected chi connectivity index (χ1v) is 9.03. The molecule has 0 spiro atoms. The smallest absolute Gasteiger partial charge is 0.426 e. The fourth-order valence-electron chi connectivity index (χ4n) is 2.69. The van der Waals surface area contributed by atoms with Crippen LogP contribution in [0.5, 0.6) is 11.5 Å². The van der Waals surface area contributed by atoms with Gasteiger partial charge < -0.3 is 9.47 Å². The quantitative estimate of drug-likeness (QED) is 0.544. The lowest BCUT2D eigenvalue weighted by Crippen LogP contribution is -2.13. The van der Waals surface area contributed by atoms with Crippen molar-refractivity contribution in [2.45, 2.75) is 18.7 Å². The fraction of sp³-hybridized carbons (Fsp3) is 0.238. The van der Waals surface area contributed by atoms with E-state index in [4.69, 9.17) is 21.1 Å². The topological polar surface area (TPSA) is 59.3 Å². The Hall–Kier alpha value is -2.98. The zero-order valence-electron chi connectivity index (χ0n) is 14.9. The first kappa shape index (κ1) is 20.7. The summed E-state index contributed by atoms with van der Waals surface area (Å²) < 4.78 is 48.3.